The van der Waals surface area contributed by atoms with E-state index in [4.69, 9.17) is 0 Å². The molecule has 0 saturated heterocycles. The Morgan fingerprint density at radius 2 is 2.20 bits per heavy atom. The summed E-state index contributed by atoms with van der Waals surface area (Å²) in [6.07, 6.45) is 4.10. The molecule has 0 spiro atoms. The molecule has 1 aliphatic carbocycles. The quantitative estimate of drug-likeness (QED) is 0.478. The first-order valence-electron chi connectivity index (χ1n) is 3.93. The van der Waals surface area contributed by atoms with Gasteiger partial charge in [0.15, 0.2) is 0 Å². The van der Waals surface area contributed by atoms with Gasteiger partial charge in [-0.25, -0.2) is 0 Å². The predicted molar refractivity (Wildman–Crippen MR) is 40.5 cm³/mol. The highest BCUT2D eigenvalue weighted by atomic mass is 16.3. The molecule has 3 nitrogen and oxygen atoms in total. The SMILES string of the molecule is CNNC1CCCC(O)C1. The van der Waals surface area contributed by atoms with E-state index in [0.29, 0.717) is 6.04 Å². The number of hydrazine groups is 1. The zero-order valence-corrected chi connectivity index (χ0v) is 6.43. The summed E-state index contributed by atoms with van der Waals surface area (Å²) in [6.45, 7) is 0. The van der Waals surface area contributed by atoms with Crippen molar-refractivity contribution < 1.29 is 5.11 Å². The number of rotatable bonds is 2. The molecule has 0 aromatic rings. The van der Waals surface area contributed by atoms with Gasteiger partial charge >= 0.3 is 0 Å². The van der Waals surface area contributed by atoms with Crippen molar-refractivity contribution in [3.63, 3.8) is 0 Å². The van der Waals surface area contributed by atoms with E-state index >= 15 is 0 Å². The van der Waals surface area contributed by atoms with Crippen molar-refractivity contribution in [2.75, 3.05) is 7.05 Å². The number of aliphatic hydroxyl groups excluding tert-OH is 1. The summed E-state index contributed by atoms with van der Waals surface area (Å²) in [6, 6.07) is 0.466. The molecule has 1 saturated carbocycles. The molecule has 3 heteroatoms. The standard InChI is InChI=1S/C7H16N2O/c1-8-9-6-3-2-4-7(10)5-6/h6-10H,2-5H2,1H3. The molecule has 0 amide bonds. The Balaban J connectivity index is 2.18. The average molecular weight is 144 g/mol. The molecule has 0 bridgehead atoms. The van der Waals surface area contributed by atoms with Crippen molar-refractivity contribution in [1.82, 2.24) is 10.9 Å². The lowest BCUT2D eigenvalue weighted by Crippen LogP contribution is -2.42. The van der Waals surface area contributed by atoms with Crippen molar-refractivity contribution in [2.45, 2.75) is 37.8 Å². The number of hydrogen-bond acceptors (Lipinski definition) is 3. The zero-order chi connectivity index (χ0) is 7.40. The summed E-state index contributed by atoms with van der Waals surface area (Å²) in [5, 5.41) is 9.24. The Labute approximate surface area is 61.8 Å². The Kier molecular flexibility index (Phi) is 3.12. The summed E-state index contributed by atoms with van der Waals surface area (Å²) in [5.74, 6) is 0. The van der Waals surface area contributed by atoms with Crippen LogP contribution < -0.4 is 10.9 Å². The van der Waals surface area contributed by atoms with E-state index < -0.39 is 0 Å². The Morgan fingerprint density at radius 3 is 2.80 bits per heavy atom. The average Bonchev–Trinajstić information content (AvgIpc) is 1.88. The van der Waals surface area contributed by atoms with Gasteiger partial charge in [0.05, 0.1) is 6.10 Å². The Morgan fingerprint density at radius 1 is 1.40 bits per heavy atom. The number of nitrogens with one attached hydrogen (secondary N) is 2. The van der Waals surface area contributed by atoms with Crippen LogP contribution in [-0.2, 0) is 0 Å². The fourth-order valence-electron chi connectivity index (χ4n) is 1.50. The molecule has 0 aliphatic heterocycles. The lowest BCUT2D eigenvalue weighted by Gasteiger charge is -2.26. The first-order valence-corrected chi connectivity index (χ1v) is 3.93. The molecule has 2 unspecified atom stereocenters. The van der Waals surface area contributed by atoms with Crippen LogP contribution in [0.4, 0.5) is 0 Å². The third kappa shape index (κ3) is 2.25. The molecule has 60 valence electrons. The normalized spacial score (nSPS) is 34.2. The molecule has 1 rings (SSSR count). The molecule has 1 fully saturated rings. The molecule has 0 aromatic carbocycles. The van der Waals surface area contributed by atoms with E-state index in [0.717, 1.165) is 19.3 Å². The number of hydrogen-bond donors (Lipinski definition) is 3. The fraction of sp³-hybridized carbons (Fsp3) is 1.00. The van der Waals surface area contributed by atoms with Crippen LogP contribution in [0.1, 0.15) is 25.7 Å². The first-order chi connectivity index (χ1) is 4.83. The van der Waals surface area contributed by atoms with Crippen LogP contribution in [0.25, 0.3) is 0 Å². The van der Waals surface area contributed by atoms with E-state index in [1.165, 1.54) is 6.42 Å². The Hall–Kier alpha value is -0.120. The van der Waals surface area contributed by atoms with Crippen molar-refractivity contribution in [1.29, 1.82) is 0 Å². The van der Waals surface area contributed by atoms with Crippen molar-refractivity contribution in [3.05, 3.63) is 0 Å². The van der Waals surface area contributed by atoms with Gasteiger partial charge in [-0.05, 0) is 32.7 Å². The van der Waals surface area contributed by atoms with Gasteiger partial charge in [0.1, 0.15) is 0 Å². The van der Waals surface area contributed by atoms with Gasteiger partial charge < -0.3 is 5.11 Å². The minimum atomic E-state index is -0.0837. The predicted octanol–water partition coefficient (Wildman–Crippen LogP) is 0.0139. The third-order valence-electron chi connectivity index (χ3n) is 1.99. The highest BCUT2D eigenvalue weighted by Gasteiger charge is 2.18. The summed E-state index contributed by atoms with van der Waals surface area (Å²) in [7, 11) is 1.86. The van der Waals surface area contributed by atoms with Crippen LogP contribution in [0.3, 0.4) is 0 Å². The van der Waals surface area contributed by atoms with Gasteiger partial charge in [-0.15, -0.1) is 0 Å². The third-order valence-corrected chi connectivity index (χ3v) is 1.99. The zero-order valence-electron chi connectivity index (χ0n) is 6.43. The van der Waals surface area contributed by atoms with Gasteiger partial charge in [0.25, 0.3) is 0 Å². The summed E-state index contributed by atoms with van der Waals surface area (Å²) in [4.78, 5) is 0. The van der Waals surface area contributed by atoms with Crippen LogP contribution >= 0.6 is 0 Å². The minimum Gasteiger partial charge on any atom is -0.393 e. The monoisotopic (exact) mass is 144 g/mol. The van der Waals surface area contributed by atoms with Crippen LogP contribution in [-0.4, -0.2) is 24.3 Å². The Bertz CT molecular complexity index is 95.6. The molecule has 2 atom stereocenters. The smallest absolute Gasteiger partial charge is 0.0555 e. The summed E-state index contributed by atoms with van der Waals surface area (Å²) in [5.41, 5.74) is 6.00. The van der Waals surface area contributed by atoms with Crippen molar-refractivity contribution >= 4 is 0 Å². The van der Waals surface area contributed by atoms with E-state index in [9.17, 15) is 5.11 Å². The molecule has 3 N–H and O–H groups in total. The second-order valence-corrected chi connectivity index (χ2v) is 2.91. The largest absolute Gasteiger partial charge is 0.393 e. The second-order valence-electron chi connectivity index (χ2n) is 2.91. The molecular formula is C7H16N2O. The van der Waals surface area contributed by atoms with Gasteiger partial charge in [-0.3, -0.25) is 10.9 Å². The minimum absolute atomic E-state index is 0.0837. The topological polar surface area (TPSA) is 44.3 Å². The molecule has 10 heavy (non-hydrogen) atoms. The molecule has 1 aliphatic rings. The molecule has 0 aromatic heterocycles. The van der Waals surface area contributed by atoms with Gasteiger partial charge in [0, 0.05) is 6.04 Å². The van der Waals surface area contributed by atoms with Gasteiger partial charge in [0.2, 0.25) is 0 Å². The highest BCUT2D eigenvalue weighted by molar-refractivity contribution is 4.75. The highest BCUT2D eigenvalue weighted by Crippen LogP contribution is 2.17. The fourth-order valence-corrected chi connectivity index (χ4v) is 1.50. The maximum absolute atomic E-state index is 9.24. The van der Waals surface area contributed by atoms with Crippen molar-refractivity contribution in [2.24, 2.45) is 0 Å². The first kappa shape index (κ1) is 7.98. The summed E-state index contributed by atoms with van der Waals surface area (Å²) >= 11 is 0. The van der Waals surface area contributed by atoms with Gasteiger partial charge in [-0.1, -0.05) is 0 Å². The second kappa shape index (κ2) is 3.91. The van der Waals surface area contributed by atoms with Crippen LogP contribution in [0.5, 0.6) is 0 Å². The lowest BCUT2D eigenvalue weighted by molar-refractivity contribution is 0.109. The van der Waals surface area contributed by atoms with Crippen LogP contribution in [0.2, 0.25) is 0 Å². The van der Waals surface area contributed by atoms with E-state index in [2.05, 4.69) is 10.9 Å². The molecule has 0 radical (unpaired) electrons. The lowest BCUT2D eigenvalue weighted by atomic mass is 9.94. The number of aliphatic hydroxyl groups is 1. The van der Waals surface area contributed by atoms with Crippen molar-refractivity contribution in [3.8, 4) is 0 Å². The van der Waals surface area contributed by atoms with E-state index in [-0.39, 0.29) is 6.10 Å². The van der Waals surface area contributed by atoms with Gasteiger partial charge in [-0.2, -0.15) is 0 Å². The maximum Gasteiger partial charge on any atom is 0.0555 e. The molecular weight excluding hydrogens is 128 g/mol. The van der Waals surface area contributed by atoms with Crippen LogP contribution in [0.15, 0.2) is 0 Å². The maximum atomic E-state index is 9.24. The van der Waals surface area contributed by atoms with E-state index in [1.54, 1.807) is 0 Å². The molecule has 0 heterocycles. The van der Waals surface area contributed by atoms with E-state index in [1.807, 2.05) is 7.05 Å². The summed E-state index contributed by atoms with van der Waals surface area (Å²) < 4.78 is 0. The van der Waals surface area contributed by atoms with Crippen LogP contribution in [0, 0.1) is 0 Å².